The number of nitrogens with zero attached hydrogens (tertiary/aromatic N) is 7. The maximum atomic E-state index is 14.3. The second kappa shape index (κ2) is 7.30. The zero-order chi connectivity index (χ0) is 22.6. The lowest BCUT2D eigenvalue weighted by Crippen LogP contribution is -2.31. The van der Waals surface area contributed by atoms with Gasteiger partial charge in [0.1, 0.15) is 23.3 Å². The largest absolute Gasteiger partial charge is 0.380 e. The summed E-state index contributed by atoms with van der Waals surface area (Å²) in [6, 6.07) is 8.02. The second-order valence-corrected chi connectivity index (χ2v) is 8.15. The zero-order valence-corrected chi connectivity index (χ0v) is 17.7. The molecule has 1 amide bonds. The fourth-order valence-electron chi connectivity index (χ4n) is 4.72. The Morgan fingerprint density at radius 2 is 2.06 bits per heavy atom. The molecule has 5 rings (SSSR count). The van der Waals surface area contributed by atoms with Gasteiger partial charge in [0, 0.05) is 26.2 Å². The summed E-state index contributed by atoms with van der Waals surface area (Å²) >= 11 is 0. The number of amides is 1. The van der Waals surface area contributed by atoms with E-state index in [1.807, 2.05) is 11.0 Å². The highest BCUT2D eigenvalue weighted by atomic mass is 19.1. The summed E-state index contributed by atoms with van der Waals surface area (Å²) in [5, 5.41) is 22.6. The first-order valence-electron chi connectivity index (χ1n) is 10.3. The van der Waals surface area contributed by atoms with E-state index < -0.39 is 5.82 Å². The Balaban J connectivity index is 1.81. The van der Waals surface area contributed by atoms with Gasteiger partial charge in [0.15, 0.2) is 5.82 Å². The van der Waals surface area contributed by atoms with Crippen LogP contribution in [0.15, 0.2) is 24.3 Å². The summed E-state index contributed by atoms with van der Waals surface area (Å²) in [5.41, 5.74) is 9.75. The summed E-state index contributed by atoms with van der Waals surface area (Å²) < 4.78 is 15.8. The number of carbonyl (C=O) groups excluding carboxylic acids is 1. The maximum Gasteiger partial charge on any atom is 0.254 e. The van der Waals surface area contributed by atoms with E-state index >= 15 is 0 Å². The van der Waals surface area contributed by atoms with E-state index in [-0.39, 0.29) is 24.3 Å². The van der Waals surface area contributed by atoms with Crippen molar-refractivity contribution < 1.29 is 9.18 Å². The Morgan fingerprint density at radius 3 is 2.84 bits per heavy atom. The average molecular weight is 432 g/mol. The van der Waals surface area contributed by atoms with Gasteiger partial charge in [-0.15, -0.1) is 10.2 Å². The lowest BCUT2D eigenvalue weighted by Gasteiger charge is -2.30. The molecule has 4 heterocycles. The van der Waals surface area contributed by atoms with Crippen molar-refractivity contribution in [2.24, 2.45) is 7.05 Å². The van der Waals surface area contributed by atoms with E-state index in [9.17, 15) is 14.4 Å². The third kappa shape index (κ3) is 2.97. The van der Waals surface area contributed by atoms with Gasteiger partial charge in [0.05, 0.1) is 29.5 Å². The third-order valence-electron chi connectivity index (χ3n) is 6.18. The first-order chi connectivity index (χ1) is 15.4. The number of benzene rings is 1. The molecule has 2 bridgehead atoms. The van der Waals surface area contributed by atoms with Crippen LogP contribution in [0.3, 0.4) is 0 Å². The number of aryl methyl sites for hydroxylation is 1. The van der Waals surface area contributed by atoms with E-state index in [0.29, 0.717) is 46.0 Å². The molecular weight excluding hydrogens is 411 g/mol. The minimum Gasteiger partial charge on any atom is -0.380 e. The molecule has 0 aliphatic carbocycles. The fourth-order valence-corrected chi connectivity index (χ4v) is 4.72. The number of nitrogen functional groups attached to an aromatic ring is 1. The number of anilines is 2. The summed E-state index contributed by atoms with van der Waals surface area (Å²) in [6.45, 7) is 0.821. The predicted molar refractivity (Wildman–Crippen MR) is 115 cm³/mol. The summed E-state index contributed by atoms with van der Waals surface area (Å²) in [5.74, 6) is -0.404. The van der Waals surface area contributed by atoms with Gasteiger partial charge in [-0.05, 0) is 42.7 Å². The number of hydrogen-bond donors (Lipinski definition) is 1. The molecule has 10 heteroatoms. The van der Waals surface area contributed by atoms with Crippen molar-refractivity contribution in [3.8, 4) is 17.3 Å². The molecule has 1 fully saturated rings. The number of aromatic nitrogens is 4. The third-order valence-corrected chi connectivity index (χ3v) is 6.18. The van der Waals surface area contributed by atoms with Crippen LogP contribution in [0.2, 0.25) is 0 Å². The van der Waals surface area contributed by atoms with Crippen LogP contribution in [0.4, 0.5) is 15.9 Å². The molecule has 32 heavy (non-hydrogen) atoms. The normalized spacial score (nSPS) is 17.7. The van der Waals surface area contributed by atoms with Crippen LogP contribution in [0.25, 0.3) is 11.3 Å². The summed E-state index contributed by atoms with van der Waals surface area (Å²) in [4.78, 5) is 17.0. The van der Waals surface area contributed by atoms with E-state index in [0.717, 1.165) is 12.8 Å². The Bertz CT molecular complexity index is 1290. The van der Waals surface area contributed by atoms with Crippen molar-refractivity contribution in [2.75, 3.05) is 24.2 Å². The highest BCUT2D eigenvalue weighted by Crippen LogP contribution is 2.41. The molecule has 1 atom stereocenters. The van der Waals surface area contributed by atoms with Crippen LogP contribution >= 0.6 is 0 Å². The van der Waals surface area contributed by atoms with Gasteiger partial charge >= 0.3 is 0 Å². The number of halogens is 1. The SMILES string of the molecule is CN1Cc2nn(C)c(C#N)c2-c2cc(c(N)nn2)N2CCC[C@@H]2c2cc(F)ccc2C1=O. The molecule has 1 aromatic carbocycles. The quantitative estimate of drug-likeness (QED) is 0.580. The van der Waals surface area contributed by atoms with Crippen LogP contribution < -0.4 is 10.6 Å². The highest BCUT2D eigenvalue weighted by Gasteiger charge is 2.34. The van der Waals surface area contributed by atoms with Gasteiger partial charge in [0.2, 0.25) is 0 Å². The second-order valence-electron chi connectivity index (χ2n) is 8.15. The molecule has 162 valence electrons. The number of hydrogen-bond acceptors (Lipinski definition) is 7. The monoisotopic (exact) mass is 432 g/mol. The van der Waals surface area contributed by atoms with E-state index in [4.69, 9.17) is 5.73 Å². The first kappa shape index (κ1) is 19.9. The maximum absolute atomic E-state index is 14.3. The summed E-state index contributed by atoms with van der Waals surface area (Å²) in [6.07, 6.45) is 1.59. The number of nitriles is 1. The molecule has 2 N–H and O–H groups in total. The van der Waals surface area contributed by atoms with Gasteiger partial charge in [-0.2, -0.15) is 10.4 Å². The topological polar surface area (TPSA) is 117 Å². The molecule has 2 aliphatic rings. The van der Waals surface area contributed by atoms with Crippen LogP contribution in [0.1, 0.15) is 46.2 Å². The summed E-state index contributed by atoms with van der Waals surface area (Å²) in [7, 11) is 3.34. The van der Waals surface area contributed by atoms with Gasteiger partial charge in [0.25, 0.3) is 5.91 Å². The van der Waals surface area contributed by atoms with E-state index in [1.54, 1.807) is 14.1 Å². The minimum atomic E-state index is -0.398. The molecule has 0 radical (unpaired) electrons. The molecule has 0 unspecified atom stereocenters. The van der Waals surface area contributed by atoms with Gasteiger partial charge in [-0.1, -0.05) is 0 Å². The average Bonchev–Trinajstić information content (AvgIpc) is 3.37. The Morgan fingerprint density at radius 1 is 1.25 bits per heavy atom. The van der Waals surface area contributed by atoms with Crippen molar-refractivity contribution in [2.45, 2.75) is 25.4 Å². The number of rotatable bonds is 0. The molecule has 3 aromatic rings. The van der Waals surface area contributed by atoms with Crippen LogP contribution in [-0.2, 0) is 13.6 Å². The van der Waals surface area contributed by atoms with Crippen molar-refractivity contribution in [3.63, 3.8) is 0 Å². The van der Waals surface area contributed by atoms with Gasteiger partial charge in [-0.3, -0.25) is 9.48 Å². The first-order valence-corrected chi connectivity index (χ1v) is 10.3. The number of carbonyl (C=O) groups is 1. The van der Waals surface area contributed by atoms with E-state index in [1.165, 1.54) is 27.8 Å². The van der Waals surface area contributed by atoms with E-state index in [2.05, 4.69) is 21.4 Å². The molecule has 1 saturated heterocycles. The lowest BCUT2D eigenvalue weighted by atomic mass is 9.96. The number of fused-ring (bicyclic) bond motifs is 8. The highest BCUT2D eigenvalue weighted by molar-refractivity contribution is 5.96. The van der Waals surface area contributed by atoms with Gasteiger partial charge < -0.3 is 15.5 Å². The van der Waals surface area contributed by atoms with Crippen molar-refractivity contribution in [1.82, 2.24) is 24.9 Å². The minimum absolute atomic E-state index is 0.149. The van der Waals surface area contributed by atoms with Crippen LogP contribution in [0, 0.1) is 17.1 Å². The standard InChI is InChI=1S/C22H21FN8O/c1-29-11-16-20(19(10-24)30(2)28-16)15-9-18(21(25)27-26-15)31-7-3-4-17(31)14-8-12(23)5-6-13(14)22(29)32/h5-6,8-9,17H,3-4,7,11H2,1-2H3,(H2,25,27)/t17-/m1/s1. The van der Waals surface area contributed by atoms with Crippen LogP contribution in [-0.4, -0.2) is 44.4 Å². The van der Waals surface area contributed by atoms with Crippen molar-refractivity contribution >= 4 is 17.4 Å². The number of nitrogens with two attached hydrogens (primary N) is 1. The lowest BCUT2D eigenvalue weighted by molar-refractivity contribution is 0.0781. The van der Waals surface area contributed by atoms with Gasteiger partial charge in [-0.25, -0.2) is 4.39 Å². The smallest absolute Gasteiger partial charge is 0.254 e. The molecular formula is C22H21FN8O. The predicted octanol–water partition coefficient (Wildman–Crippen LogP) is 2.40. The molecule has 0 spiro atoms. The van der Waals surface area contributed by atoms with Crippen molar-refractivity contribution in [3.05, 3.63) is 52.6 Å². The molecule has 2 aliphatic heterocycles. The Kier molecular flexibility index (Phi) is 4.55. The molecule has 2 aromatic heterocycles. The Hall–Kier alpha value is -4.00. The van der Waals surface area contributed by atoms with Crippen molar-refractivity contribution in [1.29, 1.82) is 5.26 Å². The molecule has 0 saturated carbocycles. The molecule has 9 nitrogen and oxygen atoms in total. The fraction of sp³-hybridized carbons (Fsp3) is 0.318. The Labute approximate surface area is 183 Å². The zero-order valence-electron chi connectivity index (χ0n) is 17.7. The van der Waals surface area contributed by atoms with Crippen LogP contribution in [0.5, 0.6) is 0 Å².